The molecular formula is C22H21N3O5. The lowest BCUT2D eigenvalue weighted by molar-refractivity contribution is -0.124. The van der Waals surface area contributed by atoms with Crippen molar-refractivity contribution in [3.8, 4) is 5.75 Å². The second kappa shape index (κ2) is 9.51. The molecule has 2 aromatic carbocycles. The third-order valence-corrected chi connectivity index (χ3v) is 4.31. The largest absolute Gasteiger partial charge is 0.497 e. The first-order valence-corrected chi connectivity index (χ1v) is 9.24. The standard InChI is InChI=1S/C22H21N3O5/c1-14-3-5-16(6-4-14)24-20(26)9-10-21(27)25-23-12-15-13-30-19-8-7-17(29-2)11-18(19)22(15)28/h3-8,11-13H,9-10H2,1-2H3,(H,24,26)(H,25,27). The third-order valence-electron chi connectivity index (χ3n) is 4.31. The molecule has 8 heteroatoms. The van der Waals surface area contributed by atoms with E-state index in [0.717, 1.165) is 5.56 Å². The van der Waals surface area contributed by atoms with Crippen LogP contribution in [0.3, 0.4) is 0 Å². The molecule has 0 fully saturated rings. The van der Waals surface area contributed by atoms with Crippen LogP contribution in [0.15, 0.2) is 63.0 Å². The molecule has 2 amide bonds. The van der Waals surface area contributed by atoms with Crippen LogP contribution in [0.5, 0.6) is 5.75 Å². The van der Waals surface area contributed by atoms with E-state index in [4.69, 9.17) is 9.15 Å². The van der Waals surface area contributed by atoms with Gasteiger partial charge in [-0.05, 0) is 37.3 Å². The molecule has 0 atom stereocenters. The van der Waals surface area contributed by atoms with Crippen LogP contribution in [0.25, 0.3) is 11.0 Å². The van der Waals surface area contributed by atoms with Gasteiger partial charge < -0.3 is 14.5 Å². The van der Waals surface area contributed by atoms with E-state index in [2.05, 4.69) is 15.8 Å². The van der Waals surface area contributed by atoms with Crippen LogP contribution in [0.1, 0.15) is 24.0 Å². The number of hydrazone groups is 1. The van der Waals surface area contributed by atoms with Crippen molar-refractivity contribution in [1.29, 1.82) is 0 Å². The van der Waals surface area contributed by atoms with E-state index >= 15 is 0 Å². The molecule has 0 spiro atoms. The van der Waals surface area contributed by atoms with Gasteiger partial charge in [0.1, 0.15) is 17.6 Å². The van der Waals surface area contributed by atoms with Gasteiger partial charge in [0.05, 0.1) is 24.3 Å². The third kappa shape index (κ3) is 5.32. The lowest BCUT2D eigenvalue weighted by Gasteiger charge is -2.05. The lowest BCUT2D eigenvalue weighted by atomic mass is 10.2. The number of anilines is 1. The fourth-order valence-corrected chi connectivity index (χ4v) is 2.66. The summed E-state index contributed by atoms with van der Waals surface area (Å²) in [6.07, 6.45) is 2.43. The number of hydrogen-bond acceptors (Lipinski definition) is 6. The molecule has 0 aliphatic carbocycles. The van der Waals surface area contributed by atoms with Crippen molar-refractivity contribution in [1.82, 2.24) is 5.43 Å². The number of fused-ring (bicyclic) bond motifs is 1. The van der Waals surface area contributed by atoms with Gasteiger partial charge in [-0.1, -0.05) is 17.7 Å². The van der Waals surface area contributed by atoms with Gasteiger partial charge in [0, 0.05) is 18.5 Å². The zero-order valence-electron chi connectivity index (χ0n) is 16.6. The summed E-state index contributed by atoms with van der Waals surface area (Å²) in [7, 11) is 1.50. The summed E-state index contributed by atoms with van der Waals surface area (Å²) in [5.74, 6) is -0.194. The molecule has 1 heterocycles. The molecule has 1 aromatic heterocycles. The summed E-state index contributed by atoms with van der Waals surface area (Å²) in [6, 6.07) is 12.3. The molecule has 30 heavy (non-hydrogen) atoms. The fraction of sp³-hybridized carbons (Fsp3) is 0.182. The van der Waals surface area contributed by atoms with E-state index in [-0.39, 0.29) is 29.7 Å². The molecule has 3 rings (SSSR count). The number of rotatable bonds is 7. The average molecular weight is 407 g/mol. The Labute approximate surface area is 172 Å². The fourth-order valence-electron chi connectivity index (χ4n) is 2.66. The highest BCUT2D eigenvalue weighted by atomic mass is 16.5. The number of hydrogen-bond donors (Lipinski definition) is 2. The number of nitrogens with zero attached hydrogens (tertiary/aromatic N) is 1. The topological polar surface area (TPSA) is 110 Å². The molecule has 0 unspecified atom stereocenters. The molecule has 0 aliphatic rings. The van der Waals surface area contributed by atoms with E-state index in [1.807, 2.05) is 19.1 Å². The smallest absolute Gasteiger partial charge is 0.240 e. The molecule has 8 nitrogen and oxygen atoms in total. The summed E-state index contributed by atoms with van der Waals surface area (Å²) in [4.78, 5) is 36.3. The number of benzene rings is 2. The SMILES string of the molecule is COc1ccc2occ(C=NNC(=O)CCC(=O)Nc3ccc(C)cc3)c(=O)c2c1. The van der Waals surface area contributed by atoms with Gasteiger partial charge in [0.25, 0.3) is 0 Å². The van der Waals surface area contributed by atoms with Crippen molar-refractivity contribution in [3.05, 3.63) is 70.1 Å². The van der Waals surface area contributed by atoms with Crippen molar-refractivity contribution >= 4 is 34.7 Å². The minimum Gasteiger partial charge on any atom is -0.497 e. The Kier molecular flexibility index (Phi) is 6.59. The van der Waals surface area contributed by atoms with Gasteiger partial charge >= 0.3 is 0 Å². The Morgan fingerprint density at radius 3 is 2.57 bits per heavy atom. The summed E-state index contributed by atoms with van der Waals surface area (Å²) < 4.78 is 10.5. The van der Waals surface area contributed by atoms with Crippen LogP contribution in [-0.2, 0) is 9.59 Å². The number of methoxy groups -OCH3 is 1. The van der Waals surface area contributed by atoms with E-state index in [1.165, 1.54) is 19.6 Å². The number of nitrogens with one attached hydrogen (secondary N) is 2. The molecule has 0 saturated carbocycles. The Bertz CT molecular complexity index is 1150. The van der Waals surface area contributed by atoms with Crippen LogP contribution in [0, 0.1) is 6.92 Å². The molecule has 2 N–H and O–H groups in total. The summed E-state index contributed by atoms with van der Waals surface area (Å²) in [5, 5.41) is 6.84. The van der Waals surface area contributed by atoms with Crippen molar-refractivity contribution in [2.75, 3.05) is 12.4 Å². The minimum atomic E-state index is -0.447. The Balaban J connectivity index is 1.54. The maximum atomic E-state index is 12.5. The summed E-state index contributed by atoms with van der Waals surface area (Å²) >= 11 is 0. The van der Waals surface area contributed by atoms with Gasteiger partial charge in [-0.3, -0.25) is 14.4 Å². The van der Waals surface area contributed by atoms with Crippen LogP contribution >= 0.6 is 0 Å². The second-order valence-corrected chi connectivity index (χ2v) is 6.59. The molecule has 0 saturated heterocycles. The Morgan fingerprint density at radius 2 is 1.83 bits per heavy atom. The highest BCUT2D eigenvalue weighted by Gasteiger charge is 2.08. The first-order chi connectivity index (χ1) is 14.5. The summed E-state index contributed by atoms with van der Waals surface area (Å²) in [6.45, 7) is 1.95. The van der Waals surface area contributed by atoms with Crippen LogP contribution in [0.4, 0.5) is 5.69 Å². The van der Waals surface area contributed by atoms with Crippen molar-refractivity contribution in [3.63, 3.8) is 0 Å². The number of carbonyl (C=O) groups excluding carboxylic acids is 2. The van der Waals surface area contributed by atoms with Gasteiger partial charge in [-0.15, -0.1) is 0 Å². The number of carbonyl (C=O) groups is 2. The summed E-state index contributed by atoms with van der Waals surface area (Å²) in [5.41, 5.74) is 4.35. The molecule has 154 valence electrons. The van der Waals surface area contributed by atoms with Crippen LogP contribution < -0.4 is 20.9 Å². The van der Waals surface area contributed by atoms with Crippen LogP contribution in [0.2, 0.25) is 0 Å². The zero-order chi connectivity index (χ0) is 21.5. The predicted octanol–water partition coefficient (Wildman–Crippen LogP) is 2.98. The predicted molar refractivity (Wildman–Crippen MR) is 114 cm³/mol. The minimum absolute atomic E-state index is 0.00708. The quantitative estimate of drug-likeness (QED) is 0.462. The van der Waals surface area contributed by atoms with Gasteiger partial charge in [-0.2, -0.15) is 5.10 Å². The number of aryl methyl sites for hydroxylation is 1. The molecule has 3 aromatic rings. The highest BCUT2D eigenvalue weighted by molar-refractivity contribution is 5.93. The van der Waals surface area contributed by atoms with Crippen molar-refractivity contribution < 1.29 is 18.7 Å². The van der Waals surface area contributed by atoms with Crippen LogP contribution in [-0.4, -0.2) is 25.1 Å². The lowest BCUT2D eigenvalue weighted by Crippen LogP contribution is -2.21. The van der Waals surface area contributed by atoms with E-state index in [9.17, 15) is 14.4 Å². The highest BCUT2D eigenvalue weighted by Crippen LogP contribution is 2.18. The van der Waals surface area contributed by atoms with Gasteiger partial charge in [0.15, 0.2) is 0 Å². The maximum Gasteiger partial charge on any atom is 0.240 e. The molecule has 0 bridgehead atoms. The average Bonchev–Trinajstić information content (AvgIpc) is 2.75. The number of ether oxygens (including phenoxy) is 1. The first kappa shape index (κ1) is 20.8. The van der Waals surface area contributed by atoms with E-state index in [1.54, 1.807) is 30.3 Å². The van der Waals surface area contributed by atoms with Crippen molar-refractivity contribution in [2.24, 2.45) is 5.10 Å². The van der Waals surface area contributed by atoms with Crippen molar-refractivity contribution in [2.45, 2.75) is 19.8 Å². The Hall–Kier alpha value is -3.94. The first-order valence-electron chi connectivity index (χ1n) is 9.24. The van der Waals surface area contributed by atoms with Gasteiger partial charge in [0.2, 0.25) is 17.2 Å². The second-order valence-electron chi connectivity index (χ2n) is 6.59. The molecule has 0 aliphatic heterocycles. The number of amides is 2. The monoisotopic (exact) mass is 407 g/mol. The molecular weight excluding hydrogens is 386 g/mol. The van der Waals surface area contributed by atoms with Gasteiger partial charge in [-0.25, -0.2) is 5.43 Å². The van der Waals surface area contributed by atoms with E-state index < -0.39 is 5.91 Å². The Morgan fingerprint density at radius 1 is 1.10 bits per heavy atom. The zero-order valence-corrected chi connectivity index (χ0v) is 16.6. The normalized spacial score (nSPS) is 10.9. The van der Waals surface area contributed by atoms with E-state index in [0.29, 0.717) is 22.4 Å². The molecule has 0 radical (unpaired) electrons. The maximum absolute atomic E-state index is 12.5.